The van der Waals surface area contributed by atoms with Gasteiger partial charge < -0.3 is 10.2 Å². The minimum absolute atomic E-state index is 0.0844. The summed E-state index contributed by atoms with van der Waals surface area (Å²) in [6.45, 7) is 4.63. The minimum Gasteiger partial charge on any atom is -0.339 e. The van der Waals surface area contributed by atoms with Crippen LogP contribution in [0.3, 0.4) is 0 Å². The van der Waals surface area contributed by atoms with Crippen molar-refractivity contribution in [3.63, 3.8) is 0 Å². The lowest BCUT2D eigenvalue weighted by Crippen LogP contribution is -2.45. The number of amides is 1. The van der Waals surface area contributed by atoms with E-state index in [2.05, 4.69) is 5.32 Å². The highest BCUT2D eigenvalue weighted by Gasteiger charge is 2.26. The third kappa shape index (κ3) is 4.20. The van der Waals surface area contributed by atoms with E-state index in [1.54, 1.807) is 24.3 Å². The molecule has 0 radical (unpaired) electrons. The van der Waals surface area contributed by atoms with Crippen LogP contribution < -0.4 is 5.32 Å². The molecule has 124 valence electrons. The molecule has 0 aromatic heterocycles. The third-order valence-corrected chi connectivity index (χ3v) is 4.95. The number of nitrogens with zero attached hydrogens (tertiary/aromatic N) is 1. The zero-order valence-corrected chi connectivity index (χ0v) is 13.9. The first-order chi connectivity index (χ1) is 11.2. The molecule has 1 heterocycles. The molecule has 2 fully saturated rings. The number of carbonyl (C=O) groups is 2. The number of rotatable bonds is 6. The Morgan fingerprint density at radius 3 is 2.22 bits per heavy atom. The molecule has 1 aromatic rings. The summed E-state index contributed by atoms with van der Waals surface area (Å²) in [7, 11) is 0. The molecule has 1 aromatic carbocycles. The van der Waals surface area contributed by atoms with Crippen LogP contribution in [-0.4, -0.2) is 42.3 Å². The number of nitrogens with one attached hydrogen (secondary N) is 1. The molecule has 0 bridgehead atoms. The highest BCUT2D eigenvalue weighted by molar-refractivity contribution is 5.98. The van der Waals surface area contributed by atoms with Crippen molar-refractivity contribution < 1.29 is 9.59 Å². The number of piperidine rings is 1. The van der Waals surface area contributed by atoms with Crippen LogP contribution in [0.1, 0.15) is 59.7 Å². The summed E-state index contributed by atoms with van der Waals surface area (Å²) >= 11 is 0. The van der Waals surface area contributed by atoms with Crippen molar-refractivity contribution in [2.75, 3.05) is 19.6 Å². The quantitative estimate of drug-likeness (QED) is 0.821. The molecule has 4 nitrogen and oxygen atoms in total. The number of hydrogen-bond acceptors (Lipinski definition) is 3. The first-order valence-corrected chi connectivity index (χ1v) is 8.83. The summed E-state index contributed by atoms with van der Waals surface area (Å²) in [5.74, 6) is 1.10. The summed E-state index contributed by atoms with van der Waals surface area (Å²) < 4.78 is 0. The molecule has 23 heavy (non-hydrogen) atoms. The lowest BCUT2D eigenvalue weighted by atomic mass is 10.0. The molecule has 3 rings (SSSR count). The fraction of sp³-hybridized carbons (Fsp3) is 0.579. The predicted molar refractivity (Wildman–Crippen MR) is 90.7 cm³/mol. The number of hydrogen-bond donors (Lipinski definition) is 1. The summed E-state index contributed by atoms with van der Waals surface area (Å²) in [5, 5.41) is 3.63. The van der Waals surface area contributed by atoms with Crippen molar-refractivity contribution in [1.29, 1.82) is 0 Å². The van der Waals surface area contributed by atoms with Crippen molar-refractivity contribution in [2.45, 2.75) is 45.1 Å². The fourth-order valence-corrected chi connectivity index (χ4v) is 3.13. The minimum atomic E-state index is 0.0844. The monoisotopic (exact) mass is 314 g/mol. The summed E-state index contributed by atoms with van der Waals surface area (Å²) in [5.41, 5.74) is 1.37. The van der Waals surface area contributed by atoms with E-state index in [4.69, 9.17) is 0 Å². The van der Waals surface area contributed by atoms with Crippen molar-refractivity contribution in [3.8, 4) is 0 Å². The third-order valence-electron chi connectivity index (χ3n) is 4.95. The van der Waals surface area contributed by atoms with Gasteiger partial charge in [0.2, 0.25) is 0 Å². The summed E-state index contributed by atoms with van der Waals surface area (Å²) in [4.78, 5) is 26.1. The zero-order valence-electron chi connectivity index (χ0n) is 13.9. The van der Waals surface area contributed by atoms with Gasteiger partial charge in [-0.2, -0.15) is 0 Å². The lowest BCUT2D eigenvalue weighted by molar-refractivity contribution is 0.0704. The van der Waals surface area contributed by atoms with Gasteiger partial charge in [-0.15, -0.1) is 0 Å². The largest absolute Gasteiger partial charge is 0.339 e. The van der Waals surface area contributed by atoms with E-state index in [1.165, 1.54) is 12.8 Å². The van der Waals surface area contributed by atoms with Gasteiger partial charge in [-0.05, 0) is 50.3 Å². The van der Waals surface area contributed by atoms with Crippen LogP contribution in [0, 0.1) is 5.92 Å². The number of Topliss-reactive ketones (excluding diaryl/α,β-unsaturated/α-hetero) is 1. The second-order valence-electron chi connectivity index (χ2n) is 6.77. The van der Waals surface area contributed by atoms with Crippen LogP contribution in [0.4, 0.5) is 0 Å². The van der Waals surface area contributed by atoms with E-state index in [0.29, 0.717) is 23.6 Å². The maximum absolute atomic E-state index is 12.6. The SMILES string of the molecule is CCC(=O)c1ccc(C(=O)N2CCC(NCC3CC3)CC2)cc1. The Balaban J connectivity index is 1.51. The average Bonchev–Trinajstić information content (AvgIpc) is 3.43. The van der Waals surface area contributed by atoms with Gasteiger partial charge in [0.25, 0.3) is 5.91 Å². The summed E-state index contributed by atoms with van der Waals surface area (Å²) in [6.07, 6.45) is 5.31. The normalized spacial score (nSPS) is 18.9. The molecule has 0 unspecified atom stereocenters. The predicted octanol–water partition coefficient (Wildman–Crippen LogP) is 2.88. The second kappa shape index (κ2) is 7.26. The van der Waals surface area contributed by atoms with Gasteiger partial charge in [0.15, 0.2) is 5.78 Å². The van der Waals surface area contributed by atoms with Crippen molar-refractivity contribution in [2.24, 2.45) is 5.92 Å². The van der Waals surface area contributed by atoms with Crippen LogP contribution >= 0.6 is 0 Å². The van der Waals surface area contributed by atoms with Crippen molar-refractivity contribution in [3.05, 3.63) is 35.4 Å². The van der Waals surface area contributed by atoms with Gasteiger partial charge in [0, 0.05) is 36.7 Å². The number of likely N-dealkylation sites (tertiary alicyclic amines) is 1. The van der Waals surface area contributed by atoms with Crippen LogP contribution in [0.5, 0.6) is 0 Å². The molecule has 1 amide bonds. The maximum atomic E-state index is 12.6. The van der Waals surface area contributed by atoms with E-state index in [9.17, 15) is 9.59 Å². The highest BCUT2D eigenvalue weighted by atomic mass is 16.2. The van der Waals surface area contributed by atoms with E-state index < -0.39 is 0 Å². The van der Waals surface area contributed by atoms with E-state index in [-0.39, 0.29) is 11.7 Å². The number of benzene rings is 1. The first-order valence-electron chi connectivity index (χ1n) is 8.83. The van der Waals surface area contributed by atoms with E-state index in [1.807, 2.05) is 11.8 Å². The van der Waals surface area contributed by atoms with Crippen molar-refractivity contribution >= 4 is 11.7 Å². The molecule has 1 saturated carbocycles. The molecular formula is C19H26N2O2. The van der Waals surface area contributed by atoms with Gasteiger partial charge in [-0.25, -0.2) is 0 Å². The van der Waals surface area contributed by atoms with Gasteiger partial charge in [0.05, 0.1) is 0 Å². The Kier molecular flexibility index (Phi) is 5.11. The highest BCUT2D eigenvalue weighted by Crippen LogP contribution is 2.28. The van der Waals surface area contributed by atoms with Crippen LogP contribution in [0.15, 0.2) is 24.3 Å². The van der Waals surface area contributed by atoms with E-state index in [0.717, 1.165) is 38.4 Å². The topological polar surface area (TPSA) is 49.4 Å². The van der Waals surface area contributed by atoms with Gasteiger partial charge >= 0.3 is 0 Å². The Morgan fingerprint density at radius 1 is 1.04 bits per heavy atom. The Labute approximate surface area is 138 Å². The van der Waals surface area contributed by atoms with Crippen LogP contribution in [0.2, 0.25) is 0 Å². The Hall–Kier alpha value is -1.68. The Morgan fingerprint density at radius 2 is 1.65 bits per heavy atom. The molecule has 0 atom stereocenters. The summed E-state index contributed by atoms with van der Waals surface area (Å²) in [6, 6.07) is 7.65. The molecule has 1 aliphatic heterocycles. The second-order valence-corrected chi connectivity index (χ2v) is 6.77. The maximum Gasteiger partial charge on any atom is 0.253 e. The standard InChI is InChI=1S/C19H26N2O2/c1-2-18(22)15-5-7-16(8-6-15)19(23)21-11-9-17(10-12-21)20-13-14-3-4-14/h5-8,14,17,20H,2-4,9-13H2,1H3. The molecule has 4 heteroatoms. The average molecular weight is 314 g/mol. The van der Waals surface area contributed by atoms with E-state index >= 15 is 0 Å². The molecule has 1 aliphatic carbocycles. The number of ketones is 1. The zero-order chi connectivity index (χ0) is 16.2. The molecule has 0 spiro atoms. The fourth-order valence-electron chi connectivity index (χ4n) is 3.13. The molecule has 2 aliphatic rings. The van der Waals surface area contributed by atoms with Crippen LogP contribution in [0.25, 0.3) is 0 Å². The lowest BCUT2D eigenvalue weighted by Gasteiger charge is -2.32. The van der Waals surface area contributed by atoms with Crippen molar-refractivity contribution in [1.82, 2.24) is 10.2 Å². The molecule has 1 N–H and O–H groups in total. The Bertz CT molecular complexity index is 555. The van der Waals surface area contributed by atoms with Gasteiger partial charge in [-0.3, -0.25) is 9.59 Å². The molecular weight excluding hydrogens is 288 g/mol. The molecule has 1 saturated heterocycles. The van der Waals surface area contributed by atoms with Crippen LogP contribution in [-0.2, 0) is 0 Å². The number of carbonyl (C=O) groups excluding carboxylic acids is 2. The first kappa shape index (κ1) is 16.2. The van der Waals surface area contributed by atoms with Gasteiger partial charge in [0.1, 0.15) is 0 Å². The van der Waals surface area contributed by atoms with Gasteiger partial charge in [-0.1, -0.05) is 19.1 Å². The smallest absolute Gasteiger partial charge is 0.253 e.